The van der Waals surface area contributed by atoms with Gasteiger partial charge in [-0.25, -0.2) is 0 Å². The Bertz CT molecular complexity index is 590. The molecule has 2 rings (SSSR count). The van der Waals surface area contributed by atoms with Crippen molar-refractivity contribution < 1.29 is 9.59 Å². The van der Waals surface area contributed by atoms with Gasteiger partial charge in [-0.2, -0.15) is 0 Å². The van der Waals surface area contributed by atoms with Gasteiger partial charge in [-0.1, -0.05) is 44.5 Å². The van der Waals surface area contributed by atoms with Crippen molar-refractivity contribution in [2.45, 2.75) is 27.2 Å². The van der Waals surface area contributed by atoms with Crippen LogP contribution in [-0.2, 0) is 9.59 Å². The van der Waals surface area contributed by atoms with E-state index in [0.717, 1.165) is 0 Å². The van der Waals surface area contributed by atoms with Gasteiger partial charge in [0.15, 0.2) is 0 Å². The van der Waals surface area contributed by atoms with Crippen molar-refractivity contribution in [1.82, 2.24) is 9.80 Å². The van der Waals surface area contributed by atoms with Crippen molar-refractivity contribution in [3.05, 3.63) is 29.3 Å². The zero-order valence-electron chi connectivity index (χ0n) is 14.6. The fraction of sp³-hybridized carbons (Fsp3) is 0.556. The molecule has 1 aromatic carbocycles. The van der Waals surface area contributed by atoms with Crippen molar-refractivity contribution in [2.75, 3.05) is 38.0 Å². The number of para-hydroxylation sites is 1. The van der Waals surface area contributed by atoms with E-state index in [1.54, 1.807) is 12.1 Å². The van der Waals surface area contributed by atoms with Gasteiger partial charge in [-0.3, -0.25) is 14.5 Å². The summed E-state index contributed by atoms with van der Waals surface area (Å²) in [5.74, 6) is 0.111. The van der Waals surface area contributed by atoms with Gasteiger partial charge in [0.25, 0.3) is 0 Å². The number of hydrogen-bond acceptors (Lipinski definition) is 3. The quantitative estimate of drug-likeness (QED) is 0.907. The summed E-state index contributed by atoms with van der Waals surface area (Å²) in [4.78, 5) is 28.3. The van der Waals surface area contributed by atoms with Gasteiger partial charge < -0.3 is 10.2 Å². The highest BCUT2D eigenvalue weighted by Crippen LogP contribution is 2.21. The van der Waals surface area contributed by atoms with E-state index >= 15 is 0 Å². The van der Waals surface area contributed by atoms with E-state index in [1.165, 1.54) is 0 Å². The van der Waals surface area contributed by atoms with Crippen LogP contribution in [0, 0.1) is 5.41 Å². The van der Waals surface area contributed by atoms with Crippen LogP contribution in [-0.4, -0.2) is 54.3 Å². The van der Waals surface area contributed by atoms with Gasteiger partial charge in [0.1, 0.15) is 0 Å². The molecular weight excluding hydrogens is 326 g/mol. The lowest BCUT2D eigenvalue weighted by molar-refractivity contribution is -0.134. The lowest BCUT2D eigenvalue weighted by Crippen LogP contribution is -2.50. The van der Waals surface area contributed by atoms with Gasteiger partial charge in [0, 0.05) is 32.6 Å². The Morgan fingerprint density at radius 3 is 2.33 bits per heavy atom. The molecule has 1 saturated heterocycles. The minimum absolute atomic E-state index is 0.00303. The number of amides is 2. The number of nitrogens with one attached hydrogen (secondary N) is 1. The second kappa shape index (κ2) is 7.99. The standard InChI is InChI=1S/C18H26ClN3O2/c1-18(2,3)12-17(24)22-10-8-21(9-11-22)13-16(23)20-15-7-5-4-6-14(15)19/h4-7H,8-13H2,1-3H3,(H,20,23). The molecule has 1 aliphatic heterocycles. The Kier molecular flexibility index (Phi) is 6.24. The van der Waals surface area contributed by atoms with E-state index < -0.39 is 0 Å². The zero-order chi connectivity index (χ0) is 17.7. The number of anilines is 1. The summed E-state index contributed by atoms with van der Waals surface area (Å²) >= 11 is 6.05. The van der Waals surface area contributed by atoms with Crippen LogP contribution in [0.15, 0.2) is 24.3 Å². The summed E-state index contributed by atoms with van der Waals surface area (Å²) in [5, 5.41) is 3.36. The fourth-order valence-corrected chi connectivity index (χ4v) is 2.86. The molecule has 0 atom stereocenters. The molecule has 5 nitrogen and oxygen atoms in total. The van der Waals surface area contributed by atoms with Crippen LogP contribution in [0.5, 0.6) is 0 Å². The summed E-state index contributed by atoms with van der Waals surface area (Å²) in [6.07, 6.45) is 0.556. The van der Waals surface area contributed by atoms with Gasteiger partial charge >= 0.3 is 0 Å². The predicted molar refractivity (Wildman–Crippen MR) is 97.2 cm³/mol. The number of nitrogens with zero attached hydrogens (tertiary/aromatic N) is 2. The molecule has 0 bridgehead atoms. The van der Waals surface area contributed by atoms with Crippen LogP contribution in [0.4, 0.5) is 5.69 Å². The number of rotatable bonds is 4. The van der Waals surface area contributed by atoms with E-state index in [-0.39, 0.29) is 17.2 Å². The summed E-state index contributed by atoms with van der Waals surface area (Å²) in [6.45, 7) is 9.30. The largest absolute Gasteiger partial charge is 0.340 e. The van der Waals surface area contributed by atoms with Crippen molar-refractivity contribution in [1.29, 1.82) is 0 Å². The van der Waals surface area contributed by atoms with E-state index in [1.807, 2.05) is 17.0 Å². The third-order valence-corrected chi connectivity index (χ3v) is 4.25. The van der Waals surface area contributed by atoms with Crippen molar-refractivity contribution in [2.24, 2.45) is 5.41 Å². The average molecular weight is 352 g/mol. The molecule has 1 N–H and O–H groups in total. The number of hydrogen-bond donors (Lipinski definition) is 1. The Balaban J connectivity index is 1.77. The summed E-state index contributed by atoms with van der Waals surface area (Å²) in [6, 6.07) is 7.19. The van der Waals surface area contributed by atoms with E-state index in [9.17, 15) is 9.59 Å². The lowest BCUT2D eigenvalue weighted by atomic mass is 9.91. The second-order valence-electron chi connectivity index (χ2n) is 7.42. The molecule has 0 saturated carbocycles. The molecule has 24 heavy (non-hydrogen) atoms. The Morgan fingerprint density at radius 1 is 1.12 bits per heavy atom. The monoisotopic (exact) mass is 351 g/mol. The number of carbonyl (C=O) groups is 2. The molecule has 0 aliphatic carbocycles. The SMILES string of the molecule is CC(C)(C)CC(=O)N1CCN(CC(=O)Nc2ccccc2Cl)CC1. The minimum Gasteiger partial charge on any atom is -0.340 e. The van der Waals surface area contributed by atoms with Gasteiger partial charge in [0.2, 0.25) is 11.8 Å². The van der Waals surface area contributed by atoms with Crippen LogP contribution >= 0.6 is 11.6 Å². The maximum absolute atomic E-state index is 12.2. The summed E-state index contributed by atoms with van der Waals surface area (Å²) < 4.78 is 0. The smallest absolute Gasteiger partial charge is 0.238 e. The van der Waals surface area contributed by atoms with Crippen LogP contribution in [0.3, 0.4) is 0 Å². The maximum Gasteiger partial charge on any atom is 0.238 e. The van der Waals surface area contributed by atoms with Gasteiger partial charge in [-0.15, -0.1) is 0 Å². The first-order chi connectivity index (χ1) is 11.2. The van der Waals surface area contributed by atoms with Gasteiger partial charge in [0.05, 0.1) is 17.3 Å². The summed E-state index contributed by atoms with van der Waals surface area (Å²) in [5.41, 5.74) is 0.631. The minimum atomic E-state index is -0.0856. The molecule has 1 aromatic rings. The maximum atomic E-state index is 12.2. The van der Waals surface area contributed by atoms with E-state index in [4.69, 9.17) is 11.6 Å². The lowest BCUT2D eigenvalue weighted by Gasteiger charge is -2.35. The average Bonchev–Trinajstić information content (AvgIpc) is 2.48. The highest BCUT2D eigenvalue weighted by molar-refractivity contribution is 6.33. The fourth-order valence-electron chi connectivity index (χ4n) is 2.68. The number of halogens is 1. The molecule has 1 heterocycles. The predicted octanol–water partition coefficient (Wildman–Crippen LogP) is 2.86. The van der Waals surface area contributed by atoms with Crippen molar-refractivity contribution >= 4 is 29.1 Å². The molecular formula is C18H26ClN3O2. The first-order valence-electron chi connectivity index (χ1n) is 8.29. The highest BCUT2D eigenvalue weighted by Gasteiger charge is 2.25. The molecule has 2 amide bonds. The van der Waals surface area contributed by atoms with Crippen LogP contribution in [0.1, 0.15) is 27.2 Å². The number of benzene rings is 1. The molecule has 0 aromatic heterocycles. The molecule has 0 unspecified atom stereocenters. The van der Waals surface area contributed by atoms with Crippen LogP contribution in [0.2, 0.25) is 5.02 Å². The molecule has 1 fully saturated rings. The summed E-state index contributed by atoms with van der Waals surface area (Å²) in [7, 11) is 0. The van der Waals surface area contributed by atoms with Gasteiger partial charge in [-0.05, 0) is 17.5 Å². The molecule has 0 radical (unpaired) electrons. The number of piperazine rings is 1. The topological polar surface area (TPSA) is 52.7 Å². The normalized spacial score (nSPS) is 16.1. The molecule has 0 spiro atoms. The first kappa shape index (κ1) is 18.7. The molecule has 132 valence electrons. The second-order valence-corrected chi connectivity index (χ2v) is 7.83. The first-order valence-corrected chi connectivity index (χ1v) is 8.67. The van der Waals surface area contributed by atoms with Crippen molar-refractivity contribution in [3.63, 3.8) is 0 Å². The van der Waals surface area contributed by atoms with Crippen molar-refractivity contribution in [3.8, 4) is 0 Å². The Labute approximate surface area is 149 Å². The third kappa shape index (κ3) is 5.80. The van der Waals surface area contributed by atoms with E-state index in [0.29, 0.717) is 49.9 Å². The van der Waals surface area contributed by atoms with E-state index in [2.05, 4.69) is 31.0 Å². The Morgan fingerprint density at radius 2 is 1.75 bits per heavy atom. The third-order valence-electron chi connectivity index (χ3n) is 3.92. The highest BCUT2D eigenvalue weighted by atomic mass is 35.5. The Hall–Kier alpha value is -1.59. The zero-order valence-corrected chi connectivity index (χ0v) is 15.4. The molecule has 6 heteroatoms. The molecule has 1 aliphatic rings. The van der Waals surface area contributed by atoms with Crippen LogP contribution in [0.25, 0.3) is 0 Å². The number of carbonyl (C=O) groups excluding carboxylic acids is 2. The van der Waals surface area contributed by atoms with Crippen LogP contribution < -0.4 is 5.32 Å².